The molecule has 1 N–H and O–H groups in total. The normalized spacial score (nSPS) is 10.6. The third kappa shape index (κ3) is 1.97. The highest BCUT2D eigenvalue weighted by Gasteiger charge is 2.02. The first-order valence-corrected chi connectivity index (χ1v) is 5.65. The quantitative estimate of drug-likeness (QED) is 0.743. The molecular formula is C13H10ClN3. The molecule has 0 saturated carbocycles. The van der Waals surface area contributed by atoms with Crippen molar-refractivity contribution in [1.82, 2.24) is 9.38 Å². The van der Waals surface area contributed by atoms with Gasteiger partial charge in [-0.2, -0.15) is 0 Å². The minimum atomic E-state index is 0.725. The highest BCUT2D eigenvalue weighted by Crippen LogP contribution is 2.19. The van der Waals surface area contributed by atoms with E-state index in [0.717, 1.165) is 22.2 Å². The van der Waals surface area contributed by atoms with Crippen molar-refractivity contribution < 1.29 is 0 Å². The Bertz CT molecular complexity index is 643. The van der Waals surface area contributed by atoms with E-state index >= 15 is 0 Å². The number of hydrogen-bond acceptors (Lipinski definition) is 2. The second-order valence-corrected chi connectivity index (χ2v) is 4.15. The minimum absolute atomic E-state index is 0.725. The number of rotatable bonds is 2. The minimum Gasteiger partial charge on any atom is -0.325 e. The number of hydrogen-bond donors (Lipinski definition) is 1. The van der Waals surface area contributed by atoms with Gasteiger partial charge >= 0.3 is 0 Å². The summed E-state index contributed by atoms with van der Waals surface area (Å²) in [4.78, 5) is 4.33. The lowest BCUT2D eigenvalue weighted by Crippen LogP contribution is -1.95. The van der Waals surface area contributed by atoms with Gasteiger partial charge in [-0.25, -0.2) is 4.98 Å². The number of nitrogens with one attached hydrogen (secondary N) is 1. The van der Waals surface area contributed by atoms with Crippen LogP contribution in [0.3, 0.4) is 0 Å². The van der Waals surface area contributed by atoms with Gasteiger partial charge in [-0.1, -0.05) is 17.7 Å². The molecule has 2 aromatic heterocycles. The molecule has 0 saturated heterocycles. The molecule has 0 amide bonds. The Morgan fingerprint density at radius 3 is 2.71 bits per heavy atom. The van der Waals surface area contributed by atoms with E-state index in [4.69, 9.17) is 11.6 Å². The van der Waals surface area contributed by atoms with Gasteiger partial charge in [0.25, 0.3) is 0 Å². The van der Waals surface area contributed by atoms with Crippen molar-refractivity contribution in [2.45, 2.75) is 0 Å². The molecule has 4 heteroatoms. The largest absolute Gasteiger partial charge is 0.325 e. The van der Waals surface area contributed by atoms with Gasteiger partial charge in [-0.15, -0.1) is 0 Å². The van der Waals surface area contributed by atoms with Gasteiger partial charge in [0.1, 0.15) is 0 Å². The van der Waals surface area contributed by atoms with E-state index in [1.165, 1.54) is 0 Å². The molecule has 0 atom stereocenters. The first-order valence-electron chi connectivity index (χ1n) is 5.27. The lowest BCUT2D eigenvalue weighted by molar-refractivity contribution is 1.15. The average Bonchev–Trinajstić information content (AvgIpc) is 2.76. The summed E-state index contributed by atoms with van der Waals surface area (Å²) in [5.74, 6) is 0.794. The maximum absolute atomic E-state index is 5.84. The fourth-order valence-corrected chi connectivity index (χ4v) is 1.82. The molecule has 17 heavy (non-hydrogen) atoms. The van der Waals surface area contributed by atoms with Crippen LogP contribution in [0.2, 0.25) is 5.02 Å². The Labute approximate surface area is 104 Å². The summed E-state index contributed by atoms with van der Waals surface area (Å²) in [6.07, 6.45) is 3.80. The molecule has 3 aromatic rings. The smallest absolute Gasteiger partial charge is 0.212 e. The third-order valence-electron chi connectivity index (χ3n) is 2.54. The average molecular weight is 244 g/mol. The molecule has 0 aliphatic heterocycles. The molecule has 0 spiro atoms. The number of benzene rings is 1. The molecule has 0 radical (unpaired) electrons. The number of nitrogens with zero attached hydrogens (tertiary/aromatic N) is 2. The zero-order valence-electron chi connectivity index (χ0n) is 8.97. The van der Waals surface area contributed by atoms with Crippen LogP contribution in [0.4, 0.5) is 11.6 Å². The van der Waals surface area contributed by atoms with Crippen LogP contribution in [-0.4, -0.2) is 9.38 Å². The van der Waals surface area contributed by atoms with Gasteiger partial charge in [0.15, 0.2) is 0 Å². The zero-order chi connectivity index (χ0) is 11.7. The standard InChI is InChI=1S/C13H10ClN3/c14-10-4-6-11(7-5-10)16-13-15-9-12-3-1-2-8-17(12)13/h1-9H,(H,15,16). The third-order valence-corrected chi connectivity index (χ3v) is 2.79. The molecule has 0 bridgehead atoms. The molecule has 2 heterocycles. The summed E-state index contributed by atoms with van der Waals surface area (Å²) < 4.78 is 1.99. The van der Waals surface area contributed by atoms with Gasteiger partial charge in [0, 0.05) is 16.9 Å². The van der Waals surface area contributed by atoms with Gasteiger partial charge in [0.2, 0.25) is 5.95 Å². The summed E-state index contributed by atoms with van der Waals surface area (Å²) >= 11 is 5.84. The zero-order valence-corrected chi connectivity index (χ0v) is 9.72. The van der Waals surface area contributed by atoms with E-state index < -0.39 is 0 Å². The molecule has 3 nitrogen and oxygen atoms in total. The van der Waals surface area contributed by atoms with Gasteiger partial charge in [-0.05, 0) is 36.4 Å². The summed E-state index contributed by atoms with van der Waals surface area (Å²) in [5, 5.41) is 3.97. The van der Waals surface area contributed by atoms with Crippen LogP contribution in [0.5, 0.6) is 0 Å². The Morgan fingerprint density at radius 1 is 1.06 bits per heavy atom. The van der Waals surface area contributed by atoms with Crippen LogP contribution in [0, 0.1) is 0 Å². The molecule has 84 valence electrons. The first-order chi connectivity index (χ1) is 8.33. The van der Waals surface area contributed by atoms with E-state index in [0.29, 0.717) is 0 Å². The molecule has 3 rings (SSSR count). The van der Waals surface area contributed by atoms with Gasteiger partial charge in [0.05, 0.1) is 11.7 Å². The van der Waals surface area contributed by atoms with Crippen LogP contribution < -0.4 is 5.32 Å². The lowest BCUT2D eigenvalue weighted by atomic mass is 10.3. The summed E-state index contributed by atoms with van der Waals surface area (Å²) in [7, 11) is 0. The number of fused-ring (bicyclic) bond motifs is 1. The van der Waals surface area contributed by atoms with E-state index in [1.54, 1.807) is 0 Å². The topological polar surface area (TPSA) is 29.3 Å². The Balaban J connectivity index is 1.97. The molecule has 0 fully saturated rings. The summed E-state index contributed by atoms with van der Waals surface area (Å²) in [5.41, 5.74) is 2.02. The summed E-state index contributed by atoms with van der Waals surface area (Å²) in [6, 6.07) is 13.5. The highest BCUT2D eigenvalue weighted by molar-refractivity contribution is 6.30. The number of halogens is 1. The molecule has 0 unspecified atom stereocenters. The van der Waals surface area contributed by atoms with E-state index in [1.807, 2.05) is 59.3 Å². The molecule has 0 aliphatic rings. The van der Waals surface area contributed by atoms with Crippen LogP contribution in [-0.2, 0) is 0 Å². The molecule has 0 aliphatic carbocycles. The monoisotopic (exact) mass is 243 g/mol. The van der Waals surface area contributed by atoms with E-state index in [-0.39, 0.29) is 0 Å². The Hall–Kier alpha value is -2.00. The molecular weight excluding hydrogens is 234 g/mol. The highest BCUT2D eigenvalue weighted by atomic mass is 35.5. The fourth-order valence-electron chi connectivity index (χ4n) is 1.70. The maximum atomic E-state index is 5.84. The number of anilines is 2. The van der Waals surface area contributed by atoms with Crippen molar-refractivity contribution in [3.63, 3.8) is 0 Å². The predicted molar refractivity (Wildman–Crippen MR) is 69.9 cm³/mol. The van der Waals surface area contributed by atoms with Crippen molar-refractivity contribution in [2.75, 3.05) is 5.32 Å². The van der Waals surface area contributed by atoms with E-state index in [2.05, 4.69) is 10.3 Å². The fraction of sp³-hybridized carbons (Fsp3) is 0. The van der Waals surface area contributed by atoms with Crippen LogP contribution >= 0.6 is 11.6 Å². The van der Waals surface area contributed by atoms with Gasteiger partial charge in [-0.3, -0.25) is 4.40 Å². The molecule has 1 aromatic carbocycles. The van der Waals surface area contributed by atoms with Crippen LogP contribution in [0.25, 0.3) is 5.52 Å². The second kappa shape index (κ2) is 4.11. The van der Waals surface area contributed by atoms with Crippen molar-refractivity contribution in [3.8, 4) is 0 Å². The van der Waals surface area contributed by atoms with Crippen molar-refractivity contribution in [1.29, 1.82) is 0 Å². The number of imidazole rings is 1. The first kappa shape index (κ1) is 10.2. The van der Waals surface area contributed by atoms with Crippen LogP contribution in [0.1, 0.15) is 0 Å². The SMILES string of the molecule is Clc1ccc(Nc2ncc3ccccn23)cc1. The van der Waals surface area contributed by atoms with Gasteiger partial charge < -0.3 is 5.32 Å². The second-order valence-electron chi connectivity index (χ2n) is 3.71. The number of pyridine rings is 1. The van der Waals surface area contributed by atoms with Crippen molar-refractivity contribution >= 4 is 28.8 Å². The van der Waals surface area contributed by atoms with Crippen molar-refractivity contribution in [2.24, 2.45) is 0 Å². The maximum Gasteiger partial charge on any atom is 0.212 e. The summed E-state index contributed by atoms with van der Waals surface area (Å²) in [6.45, 7) is 0. The Kier molecular flexibility index (Phi) is 2.46. The Morgan fingerprint density at radius 2 is 1.88 bits per heavy atom. The van der Waals surface area contributed by atoms with E-state index in [9.17, 15) is 0 Å². The number of aromatic nitrogens is 2. The predicted octanol–water partition coefficient (Wildman–Crippen LogP) is 3.73. The lowest BCUT2D eigenvalue weighted by Gasteiger charge is -2.04. The van der Waals surface area contributed by atoms with Crippen molar-refractivity contribution in [3.05, 3.63) is 59.9 Å². The van der Waals surface area contributed by atoms with Crippen LogP contribution in [0.15, 0.2) is 54.9 Å².